The van der Waals surface area contributed by atoms with Gasteiger partial charge >= 0.3 is 0 Å². The first kappa shape index (κ1) is 22.0. The van der Waals surface area contributed by atoms with Gasteiger partial charge < -0.3 is 10.6 Å². The molecule has 0 unspecified atom stereocenters. The number of anilines is 2. The first-order valence-electron chi connectivity index (χ1n) is 10.0. The van der Waals surface area contributed by atoms with Gasteiger partial charge in [0, 0.05) is 11.2 Å². The lowest BCUT2D eigenvalue weighted by Crippen LogP contribution is -2.19. The van der Waals surface area contributed by atoms with Crippen molar-refractivity contribution in [2.75, 3.05) is 10.6 Å². The molecule has 2 heterocycles. The molecule has 2 N–H and O–H groups in total. The Labute approximate surface area is 196 Å². The number of nitrogens with one attached hydrogen (secondary N) is 2. The van der Waals surface area contributed by atoms with E-state index in [-0.39, 0.29) is 5.82 Å². The number of rotatable bonds is 6. The molecule has 0 amide bonds. The molecular formula is C23H22ClFN6S. The number of aryl methyl sites for hydroxylation is 1. The van der Waals surface area contributed by atoms with E-state index in [2.05, 4.69) is 20.8 Å². The predicted molar refractivity (Wildman–Crippen MR) is 130 cm³/mol. The number of nitrogens with zero attached hydrogens (tertiary/aromatic N) is 4. The van der Waals surface area contributed by atoms with Crippen LogP contribution in [0, 0.1) is 19.7 Å². The van der Waals surface area contributed by atoms with E-state index in [0.717, 1.165) is 33.9 Å². The Balaban J connectivity index is 1.39. The molecule has 0 spiro atoms. The molecule has 0 aliphatic rings. The number of aromatic nitrogens is 4. The van der Waals surface area contributed by atoms with Gasteiger partial charge in [-0.15, -0.1) is 0 Å². The third kappa shape index (κ3) is 5.33. The summed E-state index contributed by atoms with van der Waals surface area (Å²) in [6.07, 6.45) is 3.54. The van der Waals surface area contributed by atoms with Crippen LogP contribution in [0.3, 0.4) is 0 Å². The summed E-state index contributed by atoms with van der Waals surface area (Å²) in [5.74, 6) is -0.255. The molecule has 0 atom stereocenters. The van der Waals surface area contributed by atoms with Gasteiger partial charge in [-0.3, -0.25) is 9.36 Å². The average Bonchev–Trinajstić information content (AvgIpc) is 3.29. The summed E-state index contributed by atoms with van der Waals surface area (Å²) in [6.45, 7) is 5.09. The zero-order valence-corrected chi connectivity index (χ0v) is 19.2. The normalized spacial score (nSPS) is 10.9. The van der Waals surface area contributed by atoms with E-state index in [4.69, 9.17) is 23.8 Å². The molecule has 0 saturated carbocycles. The van der Waals surface area contributed by atoms with E-state index >= 15 is 0 Å². The topological polar surface area (TPSA) is 59.7 Å². The lowest BCUT2D eigenvalue weighted by molar-refractivity contribution is 0.624. The average molecular weight is 469 g/mol. The van der Waals surface area contributed by atoms with E-state index in [9.17, 15) is 4.39 Å². The van der Waals surface area contributed by atoms with Gasteiger partial charge in [0.1, 0.15) is 5.82 Å². The molecule has 0 aliphatic heterocycles. The quantitative estimate of drug-likeness (QED) is 0.371. The minimum atomic E-state index is -0.255. The molecule has 4 aromatic rings. The van der Waals surface area contributed by atoms with Crippen LogP contribution in [0.5, 0.6) is 0 Å². The Kier molecular flexibility index (Phi) is 6.53. The molecule has 2 aromatic heterocycles. The van der Waals surface area contributed by atoms with Crippen LogP contribution < -0.4 is 10.6 Å². The van der Waals surface area contributed by atoms with Gasteiger partial charge in [-0.25, -0.2) is 4.39 Å². The number of thiocarbonyl (C=S) groups is 1. The predicted octanol–water partition coefficient (Wildman–Crippen LogP) is 5.39. The van der Waals surface area contributed by atoms with Crippen molar-refractivity contribution in [2.24, 2.45) is 0 Å². The van der Waals surface area contributed by atoms with Crippen LogP contribution in [-0.4, -0.2) is 24.7 Å². The highest BCUT2D eigenvalue weighted by Crippen LogP contribution is 2.22. The Bertz CT molecular complexity index is 1250. The van der Waals surface area contributed by atoms with Crippen LogP contribution >= 0.6 is 23.8 Å². The monoisotopic (exact) mass is 468 g/mol. The second kappa shape index (κ2) is 9.50. The summed E-state index contributed by atoms with van der Waals surface area (Å²) >= 11 is 11.6. The lowest BCUT2D eigenvalue weighted by atomic mass is 10.2. The maximum Gasteiger partial charge on any atom is 0.175 e. The molecule has 0 radical (unpaired) electrons. The molecule has 0 aliphatic carbocycles. The van der Waals surface area contributed by atoms with Gasteiger partial charge in [-0.1, -0.05) is 35.9 Å². The maximum absolute atomic E-state index is 13.1. The zero-order valence-electron chi connectivity index (χ0n) is 17.6. The third-order valence-corrected chi connectivity index (χ3v) is 5.43. The Morgan fingerprint density at radius 1 is 1.06 bits per heavy atom. The standard InChI is InChI=1S/C23H22ClFN6S/c1-15-22(16(2)31(29-15)13-18-4-3-5-19(24)10-18)28-23(32)27-21-11-26-30(14-21)12-17-6-8-20(25)9-7-17/h3-11,14H,12-13H2,1-2H3,(H2,27,28,32). The number of halogens is 2. The van der Waals surface area contributed by atoms with Crippen LogP contribution in [0.15, 0.2) is 60.9 Å². The molecule has 0 saturated heterocycles. The van der Waals surface area contributed by atoms with E-state index in [1.807, 2.05) is 49.0 Å². The summed E-state index contributed by atoms with van der Waals surface area (Å²) in [5, 5.41) is 16.5. The van der Waals surface area contributed by atoms with Crippen LogP contribution in [0.2, 0.25) is 5.02 Å². The minimum Gasteiger partial charge on any atom is -0.330 e. The molecule has 6 nitrogen and oxygen atoms in total. The van der Waals surface area contributed by atoms with E-state index in [1.54, 1.807) is 23.0 Å². The van der Waals surface area contributed by atoms with Crippen molar-refractivity contribution >= 4 is 40.3 Å². The second-order valence-electron chi connectivity index (χ2n) is 7.47. The van der Waals surface area contributed by atoms with Crippen molar-refractivity contribution in [1.82, 2.24) is 19.6 Å². The van der Waals surface area contributed by atoms with Crippen LogP contribution in [-0.2, 0) is 13.1 Å². The molecule has 9 heteroatoms. The number of benzene rings is 2. The van der Waals surface area contributed by atoms with Gasteiger partial charge in [0.05, 0.1) is 42.0 Å². The SMILES string of the molecule is Cc1nn(Cc2cccc(Cl)c2)c(C)c1NC(=S)Nc1cnn(Cc2ccc(F)cc2)c1. The van der Waals surface area contributed by atoms with Gasteiger partial charge in [-0.2, -0.15) is 10.2 Å². The first-order chi connectivity index (χ1) is 15.4. The fourth-order valence-electron chi connectivity index (χ4n) is 3.41. The smallest absolute Gasteiger partial charge is 0.175 e. The highest BCUT2D eigenvalue weighted by molar-refractivity contribution is 7.80. The molecule has 164 valence electrons. The lowest BCUT2D eigenvalue weighted by Gasteiger charge is -2.10. The third-order valence-electron chi connectivity index (χ3n) is 4.99. The van der Waals surface area contributed by atoms with Crippen molar-refractivity contribution in [3.8, 4) is 0 Å². The van der Waals surface area contributed by atoms with Gasteiger partial charge in [0.15, 0.2) is 5.11 Å². The van der Waals surface area contributed by atoms with Crippen molar-refractivity contribution in [2.45, 2.75) is 26.9 Å². The summed E-state index contributed by atoms with van der Waals surface area (Å²) in [6, 6.07) is 14.1. The molecule has 32 heavy (non-hydrogen) atoms. The largest absolute Gasteiger partial charge is 0.330 e. The molecule has 2 aromatic carbocycles. The van der Waals surface area contributed by atoms with Gasteiger partial charge in [-0.05, 0) is 61.5 Å². The fraction of sp³-hybridized carbons (Fsp3) is 0.174. The van der Waals surface area contributed by atoms with Crippen LogP contribution in [0.4, 0.5) is 15.8 Å². The van der Waals surface area contributed by atoms with E-state index in [0.29, 0.717) is 23.2 Å². The molecule has 4 rings (SSSR count). The van der Waals surface area contributed by atoms with Crippen molar-refractivity contribution in [1.29, 1.82) is 0 Å². The number of hydrogen-bond acceptors (Lipinski definition) is 3. The summed E-state index contributed by atoms with van der Waals surface area (Å²) < 4.78 is 16.8. The van der Waals surface area contributed by atoms with Crippen molar-refractivity contribution < 1.29 is 4.39 Å². The summed E-state index contributed by atoms with van der Waals surface area (Å²) in [5.41, 5.74) is 5.47. The van der Waals surface area contributed by atoms with Crippen LogP contribution in [0.25, 0.3) is 0 Å². The van der Waals surface area contributed by atoms with Crippen LogP contribution in [0.1, 0.15) is 22.5 Å². The highest BCUT2D eigenvalue weighted by Gasteiger charge is 2.14. The highest BCUT2D eigenvalue weighted by atomic mass is 35.5. The van der Waals surface area contributed by atoms with Crippen molar-refractivity contribution in [3.05, 3.63) is 94.3 Å². The molecular weight excluding hydrogens is 447 g/mol. The number of hydrogen-bond donors (Lipinski definition) is 2. The zero-order chi connectivity index (χ0) is 22.7. The Morgan fingerprint density at radius 3 is 2.59 bits per heavy atom. The summed E-state index contributed by atoms with van der Waals surface area (Å²) in [4.78, 5) is 0. The minimum absolute atomic E-state index is 0.255. The fourth-order valence-corrected chi connectivity index (χ4v) is 3.84. The Hall–Kier alpha value is -3.23. The van der Waals surface area contributed by atoms with E-state index in [1.165, 1.54) is 12.1 Å². The Morgan fingerprint density at radius 2 is 1.84 bits per heavy atom. The van der Waals surface area contributed by atoms with Crippen molar-refractivity contribution in [3.63, 3.8) is 0 Å². The maximum atomic E-state index is 13.1. The second-order valence-corrected chi connectivity index (χ2v) is 8.31. The molecule has 0 bridgehead atoms. The first-order valence-corrected chi connectivity index (χ1v) is 10.8. The van der Waals surface area contributed by atoms with E-state index < -0.39 is 0 Å². The summed E-state index contributed by atoms with van der Waals surface area (Å²) in [7, 11) is 0. The molecule has 0 fully saturated rings. The van der Waals surface area contributed by atoms with Gasteiger partial charge in [0.2, 0.25) is 0 Å². The van der Waals surface area contributed by atoms with Gasteiger partial charge in [0.25, 0.3) is 0 Å².